The second-order valence-electron chi connectivity index (χ2n) is 3.66. The van der Waals surface area contributed by atoms with Gasteiger partial charge in [-0.15, -0.1) is 0 Å². The molecule has 0 saturated carbocycles. The molecule has 0 heterocycles. The Labute approximate surface area is 102 Å². The molecule has 86 valence electrons. The molecule has 1 aromatic carbocycles. The second-order valence-corrected chi connectivity index (χ2v) is 4.07. The lowest BCUT2D eigenvalue weighted by Crippen LogP contribution is -1.97. The Kier molecular flexibility index (Phi) is 5.74. The van der Waals surface area contributed by atoms with E-state index in [1.807, 2.05) is 6.07 Å². The largest absolute Gasteiger partial charge is 0.494 e. The summed E-state index contributed by atoms with van der Waals surface area (Å²) in [5, 5.41) is 9.16. The van der Waals surface area contributed by atoms with Gasteiger partial charge in [0.1, 0.15) is 11.8 Å². The number of hydrogen-bond acceptors (Lipinski definition) is 2. The number of unbranched alkanes of at least 4 members (excludes halogenated alkanes) is 3. The lowest BCUT2D eigenvalue weighted by Gasteiger charge is -2.06. The fraction of sp³-hybridized carbons (Fsp3) is 0.462. The molecule has 0 aliphatic rings. The highest BCUT2D eigenvalue weighted by Gasteiger charge is 2.01. The molecule has 3 heteroatoms. The maximum atomic E-state index is 8.71. The van der Waals surface area contributed by atoms with Crippen LogP contribution >= 0.6 is 11.6 Å². The van der Waals surface area contributed by atoms with E-state index in [4.69, 9.17) is 21.6 Å². The molecule has 0 N–H and O–H groups in total. The van der Waals surface area contributed by atoms with Gasteiger partial charge in [-0.1, -0.05) is 37.8 Å². The fourth-order valence-corrected chi connectivity index (χ4v) is 1.61. The maximum absolute atomic E-state index is 8.71. The van der Waals surface area contributed by atoms with Crippen LogP contribution in [0.4, 0.5) is 0 Å². The predicted molar refractivity (Wildman–Crippen MR) is 65.8 cm³/mol. The SMILES string of the molecule is CCCCCCOc1ccc(C#N)c(Cl)c1. The first kappa shape index (κ1) is 12.9. The average Bonchev–Trinajstić information content (AvgIpc) is 2.29. The van der Waals surface area contributed by atoms with E-state index in [0.29, 0.717) is 17.2 Å². The van der Waals surface area contributed by atoms with Crippen molar-refractivity contribution in [1.29, 1.82) is 5.26 Å². The summed E-state index contributed by atoms with van der Waals surface area (Å²) in [7, 11) is 0. The lowest BCUT2D eigenvalue weighted by molar-refractivity contribution is 0.305. The van der Waals surface area contributed by atoms with E-state index in [-0.39, 0.29) is 0 Å². The summed E-state index contributed by atoms with van der Waals surface area (Å²) in [6.45, 7) is 2.89. The van der Waals surface area contributed by atoms with Crippen LogP contribution in [-0.2, 0) is 0 Å². The summed E-state index contributed by atoms with van der Waals surface area (Å²) < 4.78 is 5.54. The number of hydrogen-bond donors (Lipinski definition) is 0. The van der Waals surface area contributed by atoms with E-state index in [0.717, 1.165) is 12.2 Å². The third-order valence-corrected chi connectivity index (χ3v) is 2.64. The van der Waals surface area contributed by atoms with Gasteiger partial charge in [0.25, 0.3) is 0 Å². The first-order valence-electron chi connectivity index (χ1n) is 5.60. The van der Waals surface area contributed by atoms with Crippen LogP contribution in [0.15, 0.2) is 18.2 Å². The van der Waals surface area contributed by atoms with Crippen LogP contribution in [-0.4, -0.2) is 6.61 Å². The van der Waals surface area contributed by atoms with Crippen molar-refractivity contribution in [1.82, 2.24) is 0 Å². The number of rotatable bonds is 6. The summed E-state index contributed by atoms with van der Waals surface area (Å²) >= 11 is 5.89. The van der Waals surface area contributed by atoms with Crippen molar-refractivity contribution >= 4 is 11.6 Å². The van der Waals surface area contributed by atoms with E-state index in [1.165, 1.54) is 19.3 Å². The van der Waals surface area contributed by atoms with Gasteiger partial charge in [-0.25, -0.2) is 0 Å². The standard InChI is InChI=1S/C13H16ClNO/c1-2-3-4-5-8-16-12-7-6-11(10-15)13(14)9-12/h6-7,9H,2-5,8H2,1H3. The van der Waals surface area contributed by atoms with Gasteiger partial charge in [0.05, 0.1) is 17.2 Å². The van der Waals surface area contributed by atoms with Gasteiger partial charge < -0.3 is 4.74 Å². The fourth-order valence-electron chi connectivity index (χ4n) is 1.40. The van der Waals surface area contributed by atoms with Gasteiger partial charge in [-0.2, -0.15) is 5.26 Å². The molecule has 0 amide bonds. The van der Waals surface area contributed by atoms with E-state index in [9.17, 15) is 0 Å². The molecule has 0 aliphatic heterocycles. The Morgan fingerprint density at radius 3 is 2.75 bits per heavy atom. The van der Waals surface area contributed by atoms with Crippen LogP contribution in [0.1, 0.15) is 38.2 Å². The highest BCUT2D eigenvalue weighted by atomic mass is 35.5. The van der Waals surface area contributed by atoms with Gasteiger partial charge in [-0.3, -0.25) is 0 Å². The van der Waals surface area contributed by atoms with Gasteiger partial charge in [0.15, 0.2) is 0 Å². The van der Waals surface area contributed by atoms with Crippen molar-refractivity contribution in [2.75, 3.05) is 6.61 Å². The normalized spacial score (nSPS) is 9.81. The third kappa shape index (κ3) is 4.12. The Balaban J connectivity index is 2.38. The first-order chi connectivity index (χ1) is 7.77. The average molecular weight is 238 g/mol. The molecule has 0 saturated heterocycles. The van der Waals surface area contributed by atoms with Gasteiger partial charge >= 0.3 is 0 Å². The zero-order chi connectivity index (χ0) is 11.8. The Morgan fingerprint density at radius 2 is 2.12 bits per heavy atom. The Hall–Kier alpha value is -1.20. The molecule has 0 fully saturated rings. The molecule has 0 bridgehead atoms. The minimum absolute atomic E-state index is 0.452. The van der Waals surface area contributed by atoms with E-state index in [1.54, 1.807) is 18.2 Å². The van der Waals surface area contributed by atoms with Crippen LogP contribution in [0, 0.1) is 11.3 Å². The molecular weight excluding hydrogens is 222 g/mol. The number of nitriles is 1. The number of nitrogens with zero attached hydrogens (tertiary/aromatic N) is 1. The third-order valence-electron chi connectivity index (χ3n) is 2.33. The van der Waals surface area contributed by atoms with E-state index >= 15 is 0 Å². The van der Waals surface area contributed by atoms with Gasteiger partial charge in [0, 0.05) is 6.07 Å². The predicted octanol–water partition coefficient (Wildman–Crippen LogP) is 4.17. The van der Waals surface area contributed by atoms with Crippen molar-refractivity contribution in [2.45, 2.75) is 32.6 Å². The topological polar surface area (TPSA) is 33.0 Å². The molecular formula is C13H16ClNO. The van der Waals surface area contributed by atoms with E-state index < -0.39 is 0 Å². The molecule has 1 rings (SSSR count). The first-order valence-corrected chi connectivity index (χ1v) is 5.98. The maximum Gasteiger partial charge on any atom is 0.120 e. The molecule has 2 nitrogen and oxygen atoms in total. The van der Waals surface area contributed by atoms with Crippen LogP contribution < -0.4 is 4.74 Å². The Bertz CT molecular complexity index is 371. The Morgan fingerprint density at radius 1 is 1.31 bits per heavy atom. The summed E-state index contributed by atoms with van der Waals surface area (Å²) in [6, 6.07) is 7.18. The monoisotopic (exact) mass is 237 g/mol. The highest BCUT2D eigenvalue weighted by Crippen LogP contribution is 2.22. The lowest BCUT2D eigenvalue weighted by atomic mass is 10.2. The summed E-state index contributed by atoms with van der Waals surface area (Å²) in [5.74, 6) is 0.737. The number of benzene rings is 1. The van der Waals surface area contributed by atoms with Crippen molar-refractivity contribution in [3.8, 4) is 11.8 Å². The molecule has 0 aromatic heterocycles. The van der Waals surface area contributed by atoms with Crippen molar-refractivity contribution < 1.29 is 4.74 Å². The molecule has 0 radical (unpaired) electrons. The summed E-state index contributed by atoms with van der Waals surface area (Å²) in [4.78, 5) is 0. The van der Waals surface area contributed by atoms with Crippen molar-refractivity contribution in [2.24, 2.45) is 0 Å². The number of halogens is 1. The molecule has 0 aliphatic carbocycles. The van der Waals surface area contributed by atoms with Crippen molar-refractivity contribution in [3.05, 3.63) is 28.8 Å². The summed E-state index contributed by atoms with van der Waals surface area (Å²) in [5.41, 5.74) is 0.486. The second kappa shape index (κ2) is 7.14. The quantitative estimate of drug-likeness (QED) is 0.696. The molecule has 0 spiro atoms. The summed E-state index contributed by atoms with van der Waals surface area (Å²) in [6.07, 6.45) is 4.73. The van der Waals surface area contributed by atoms with E-state index in [2.05, 4.69) is 6.92 Å². The van der Waals surface area contributed by atoms with Crippen molar-refractivity contribution in [3.63, 3.8) is 0 Å². The highest BCUT2D eigenvalue weighted by molar-refractivity contribution is 6.31. The zero-order valence-electron chi connectivity index (χ0n) is 9.50. The van der Waals surface area contributed by atoms with Crippen LogP contribution in [0.5, 0.6) is 5.75 Å². The molecule has 0 atom stereocenters. The zero-order valence-corrected chi connectivity index (χ0v) is 10.3. The molecule has 16 heavy (non-hydrogen) atoms. The minimum Gasteiger partial charge on any atom is -0.494 e. The van der Waals surface area contributed by atoms with Crippen LogP contribution in [0.25, 0.3) is 0 Å². The van der Waals surface area contributed by atoms with Crippen LogP contribution in [0.2, 0.25) is 5.02 Å². The smallest absolute Gasteiger partial charge is 0.120 e. The molecule has 0 unspecified atom stereocenters. The van der Waals surface area contributed by atoms with Gasteiger partial charge in [0.2, 0.25) is 0 Å². The van der Waals surface area contributed by atoms with Gasteiger partial charge in [-0.05, 0) is 18.6 Å². The number of ether oxygens (including phenoxy) is 1. The minimum atomic E-state index is 0.452. The molecule has 1 aromatic rings. The van der Waals surface area contributed by atoms with Crippen LogP contribution in [0.3, 0.4) is 0 Å².